The van der Waals surface area contributed by atoms with E-state index in [0.29, 0.717) is 23.8 Å². The number of aliphatic carboxylic acids is 1. The average Bonchev–Trinajstić information content (AvgIpc) is 2.86. The summed E-state index contributed by atoms with van der Waals surface area (Å²) in [5.41, 5.74) is 0. The molecule has 90 valence electrons. The lowest BCUT2D eigenvalue weighted by Crippen LogP contribution is -2.05. The van der Waals surface area contributed by atoms with Crippen LogP contribution in [-0.2, 0) is 11.3 Å². The van der Waals surface area contributed by atoms with E-state index in [1.165, 1.54) is 11.3 Å². The summed E-state index contributed by atoms with van der Waals surface area (Å²) in [5.74, 6) is -0.246. The fourth-order valence-electron chi connectivity index (χ4n) is 1.35. The molecule has 17 heavy (non-hydrogen) atoms. The van der Waals surface area contributed by atoms with E-state index in [0.717, 1.165) is 4.88 Å². The molecule has 0 spiro atoms. The van der Waals surface area contributed by atoms with Gasteiger partial charge in [0.15, 0.2) is 5.82 Å². The highest BCUT2D eigenvalue weighted by Gasteiger charge is 2.13. The predicted molar refractivity (Wildman–Crippen MR) is 63.0 cm³/mol. The summed E-state index contributed by atoms with van der Waals surface area (Å²) in [4.78, 5) is 11.2. The number of hydrogen-bond donors (Lipinski definition) is 1. The second-order valence-electron chi connectivity index (χ2n) is 3.32. The highest BCUT2D eigenvalue weighted by atomic mass is 35.5. The Labute approximate surface area is 106 Å². The van der Waals surface area contributed by atoms with Crippen LogP contribution in [0.4, 0.5) is 0 Å². The summed E-state index contributed by atoms with van der Waals surface area (Å²) < 4.78 is 1.57. The summed E-state index contributed by atoms with van der Waals surface area (Å²) in [6.07, 6.45) is 0.577. The van der Waals surface area contributed by atoms with Gasteiger partial charge in [0, 0.05) is 13.0 Å². The summed E-state index contributed by atoms with van der Waals surface area (Å²) in [5, 5.41) is 22.3. The van der Waals surface area contributed by atoms with Gasteiger partial charge in [-0.3, -0.25) is 4.79 Å². The van der Waals surface area contributed by atoms with Crippen molar-refractivity contribution in [3.05, 3.63) is 16.5 Å². The van der Waals surface area contributed by atoms with Crippen LogP contribution in [0.15, 0.2) is 11.4 Å². The fraction of sp³-hybridized carbons (Fsp3) is 0.333. The number of nitrogens with zero attached hydrogens (tertiary/aromatic N) is 4. The summed E-state index contributed by atoms with van der Waals surface area (Å²) in [7, 11) is 0. The van der Waals surface area contributed by atoms with Gasteiger partial charge < -0.3 is 5.11 Å². The minimum absolute atomic E-state index is 0.0947. The average molecular weight is 273 g/mol. The van der Waals surface area contributed by atoms with Crippen LogP contribution in [0, 0.1) is 0 Å². The maximum Gasteiger partial charge on any atom is 0.303 e. The molecule has 0 aliphatic rings. The van der Waals surface area contributed by atoms with Gasteiger partial charge in [-0.2, -0.15) is 0 Å². The Bertz CT molecular complexity index is 525. The molecule has 2 rings (SSSR count). The molecule has 0 saturated carbocycles. The van der Waals surface area contributed by atoms with Crippen LogP contribution >= 0.6 is 22.9 Å². The van der Waals surface area contributed by atoms with Crippen LogP contribution in [0.3, 0.4) is 0 Å². The number of carboxylic acids is 1. The quantitative estimate of drug-likeness (QED) is 0.899. The second kappa shape index (κ2) is 5.24. The minimum Gasteiger partial charge on any atom is -0.481 e. The Morgan fingerprint density at radius 1 is 1.59 bits per heavy atom. The first-order chi connectivity index (χ1) is 8.18. The molecule has 0 aromatic carbocycles. The van der Waals surface area contributed by atoms with Crippen LogP contribution < -0.4 is 0 Å². The number of carbonyl (C=O) groups is 1. The summed E-state index contributed by atoms with van der Waals surface area (Å²) in [6, 6.07) is 1.78. The molecule has 0 aliphatic heterocycles. The van der Waals surface area contributed by atoms with Gasteiger partial charge in [-0.15, -0.1) is 16.4 Å². The molecule has 2 aromatic rings. The Balaban J connectivity index is 2.12. The van der Waals surface area contributed by atoms with Gasteiger partial charge in [0.05, 0.1) is 9.90 Å². The number of aromatic nitrogens is 4. The van der Waals surface area contributed by atoms with Crippen molar-refractivity contribution >= 4 is 28.9 Å². The normalized spacial score (nSPS) is 10.6. The molecule has 0 atom stereocenters. The van der Waals surface area contributed by atoms with Crippen molar-refractivity contribution in [3.63, 3.8) is 0 Å². The number of hydrogen-bond acceptors (Lipinski definition) is 5. The van der Waals surface area contributed by atoms with Crippen LogP contribution in [-0.4, -0.2) is 31.3 Å². The Morgan fingerprint density at radius 3 is 3.06 bits per heavy atom. The summed E-state index contributed by atoms with van der Waals surface area (Å²) >= 11 is 7.44. The largest absolute Gasteiger partial charge is 0.481 e. The minimum atomic E-state index is -0.825. The van der Waals surface area contributed by atoms with Crippen molar-refractivity contribution < 1.29 is 9.90 Å². The van der Waals surface area contributed by atoms with E-state index < -0.39 is 5.97 Å². The third-order valence-corrected chi connectivity index (χ3v) is 3.45. The van der Waals surface area contributed by atoms with Crippen LogP contribution in [0.2, 0.25) is 5.02 Å². The zero-order chi connectivity index (χ0) is 12.3. The second-order valence-corrected chi connectivity index (χ2v) is 4.64. The molecule has 1 N–H and O–H groups in total. The smallest absolute Gasteiger partial charge is 0.303 e. The lowest BCUT2D eigenvalue weighted by Gasteiger charge is -2.01. The van der Waals surface area contributed by atoms with Gasteiger partial charge in [0.2, 0.25) is 0 Å². The lowest BCUT2D eigenvalue weighted by molar-refractivity contribution is -0.137. The van der Waals surface area contributed by atoms with Crippen LogP contribution in [0.5, 0.6) is 0 Å². The molecular weight excluding hydrogens is 264 g/mol. The standard InChI is InChI=1S/C9H9ClN4O2S/c10-6-3-5-17-8(6)9-11-12-13-14(9)4-1-2-7(15)16/h3,5H,1-2,4H2,(H,15,16). The third-order valence-electron chi connectivity index (χ3n) is 2.11. The first-order valence-corrected chi connectivity index (χ1v) is 6.15. The lowest BCUT2D eigenvalue weighted by atomic mass is 10.3. The molecule has 0 saturated heterocycles. The molecule has 2 heterocycles. The molecule has 2 aromatic heterocycles. The maximum absolute atomic E-state index is 10.4. The van der Waals surface area contributed by atoms with E-state index >= 15 is 0 Å². The first kappa shape index (κ1) is 12.0. The van der Waals surface area contributed by atoms with E-state index in [9.17, 15) is 4.79 Å². The molecule has 0 unspecified atom stereocenters. The van der Waals surface area contributed by atoms with E-state index in [-0.39, 0.29) is 6.42 Å². The molecule has 0 bridgehead atoms. The third kappa shape index (κ3) is 2.80. The molecule has 6 nitrogen and oxygen atoms in total. The molecule has 0 fully saturated rings. The van der Waals surface area contributed by atoms with Gasteiger partial charge in [-0.05, 0) is 28.3 Å². The summed E-state index contributed by atoms with van der Waals surface area (Å²) in [6.45, 7) is 0.461. The Morgan fingerprint density at radius 2 is 2.41 bits per heavy atom. The number of rotatable bonds is 5. The topological polar surface area (TPSA) is 80.9 Å². The predicted octanol–water partition coefficient (Wildman–Crippen LogP) is 1.92. The number of aryl methyl sites for hydroxylation is 1. The monoisotopic (exact) mass is 272 g/mol. The van der Waals surface area contributed by atoms with E-state index in [4.69, 9.17) is 16.7 Å². The van der Waals surface area contributed by atoms with Crippen molar-refractivity contribution in [1.29, 1.82) is 0 Å². The number of carboxylic acid groups (broad SMARTS) is 1. The molecular formula is C9H9ClN4O2S. The van der Waals surface area contributed by atoms with Gasteiger partial charge in [0.25, 0.3) is 0 Å². The molecule has 8 heteroatoms. The van der Waals surface area contributed by atoms with Crippen molar-refractivity contribution in [2.45, 2.75) is 19.4 Å². The highest BCUT2D eigenvalue weighted by molar-refractivity contribution is 7.14. The van der Waals surface area contributed by atoms with E-state index in [2.05, 4.69) is 15.5 Å². The van der Waals surface area contributed by atoms with Crippen molar-refractivity contribution in [2.75, 3.05) is 0 Å². The van der Waals surface area contributed by atoms with Crippen molar-refractivity contribution in [3.8, 4) is 10.7 Å². The van der Waals surface area contributed by atoms with Gasteiger partial charge in [0.1, 0.15) is 0 Å². The molecule has 0 amide bonds. The van der Waals surface area contributed by atoms with Crippen LogP contribution in [0.1, 0.15) is 12.8 Å². The van der Waals surface area contributed by atoms with Gasteiger partial charge >= 0.3 is 5.97 Å². The first-order valence-electron chi connectivity index (χ1n) is 4.90. The van der Waals surface area contributed by atoms with Crippen molar-refractivity contribution in [1.82, 2.24) is 20.2 Å². The van der Waals surface area contributed by atoms with Gasteiger partial charge in [-0.1, -0.05) is 11.6 Å². The Kier molecular flexibility index (Phi) is 3.70. The number of halogens is 1. The highest BCUT2D eigenvalue weighted by Crippen LogP contribution is 2.31. The molecule has 0 radical (unpaired) electrons. The molecule has 0 aliphatic carbocycles. The van der Waals surface area contributed by atoms with E-state index in [1.807, 2.05) is 5.38 Å². The van der Waals surface area contributed by atoms with Crippen LogP contribution in [0.25, 0.3) is 10.7 Å². The van der Waals surface area contributed by atoms with Gasteiger partial charge in [-0.25, -0.2) is 4.68 Å². The number of thiophene rings is 1. The zero-order valence-corrected chi connectivity index (χ0v) is 10.3. The Hall–Kier alpha value is -1.47. The maximum atomic E-state index is 10.4. The fourth-order valence-corrected chi connectivity index (χ4v) is 2.48. The zero-order valence-electron chi connectivity index (χ0n) is 8.71. The van der Waals surface area contributed by atoms with Crippen molar-refractivity contribution in [2.24, 2.45) is 0 Å². The van der Waals surface area contributed by atoms with E-state index in [1.54, 1.807) is 10.7 Å². The SMILES string of the molecule is O=C(O)CCCn1nnnc1-c1sccc1Cl. The number of tetrazole rings is 1.